The summed E-state index contributed by atoms with van der Waals surface area (Å²) in [4.78, 5) is 8.73. The highest BCUT2D eigenvalue weighted by atomic mass is 16.5. The fourth-order valence-electron chi connectivity index (χ4n) is 3.23. The number of anilines is 1. The molecule has 0 saturated carbocycles. The second-order valence-corrected chi connectivity index (χ2v) is 6.54. The number of benzene rings is 2. The van der Waals surface area contributed by atoms with Gasteiger partial charge >= 0.3 is 0 Å². The third kappa shape index (κ3) is 4.04. The zero-order valence-electron chi connectivity index (χ0n) is 15.8. The smallest absolute Gasteiger partial charge is 0.147 e. The van der Waals surface area contributed by atoms with Crippen molar-refractivity contribution in [3.05, 3.63) is 103 Å². The molecule has 0 radical (unpaired) electrons. The summed E-state index contributed by atoms with van der Waals surface area (Å²) in [5.74, 6) is 1.63. The molecule has 0 saturated heterocycles. The van der Waals surface area contributed by atoms with Gasteiger partial charge in [0.05, 0.1) is 6.04 Å². The predicted octanol–water partition coefficient (Wildman–Crippen LogP) is 5.10. The number of ether oxygens (including phenoxy) is 1. The molecule has 4 rings (SSSR count). The van der Waals surface area contributed by atoms with Crippen LogP contribution in [-0.4, -0.2) is 21.7 Å². The number of rotatable bonds is 7. The second-order valence-electron chi connectivity index (χ2n) is 6.54. The van der Waals surface area contributed by atoms with Crippen LogP contribution in [0.3, 0.4) is 0 Å². The molecule has 0 spiro atoms. The van der Waals surface area contributed by atoms with Crippen molar-refractivity contribution in [3.63, 3.8) is 0 Å². The van der Waals surface area contributed by atoms with E-state index in [9.17, 15) is 5.11 Å². The first kappa shape index (κ1) is 18.5. The van der Waals surface area contributed by atoms with Gasteiger partial charge in [0.25, 0.3) is 0 Å². The van der Waals surface area contributed by atoms with Crippen LogP contribution in [0, 0.1) is 0 Å². The summed E-state index contributed by atoms with van der Waals surface area (Å²) in [7, 11) is 0. The van der Waals surface area contributed by atoms with E-state index in [-0.39, 0.29) is 11.8 Å². The maximum Gasteiger partial charge on any atom is 0.147 e. The number of aromatic nitrogens is 2. The number of nitrogens with zero attached hydrogens (tertiary/aromatic N) is 2. The van der Waals surface area contributed by atoms with Crippen molar-refractivity contribution in [2.75, 3.05) is 11.9 Å². The van der Waals surface area contributed by atoms with Crippen molar-refractivity contribution >= 4 is 16.7 Å². The number of hydrogen-bond acceptors (Lipinski definition) is 5. The van der Waals surface area contributed by atoms with Crippen LogP contribution in [0.5, 0.6) is 11.5 Å². The van der Waals surface area contributed by atoms with Crippen LogP contribution < -0.4 is 10.1 Å². The predicted molar refractivity (Wildman–Crippen MR) is 115 cm³/mol. The summed E-state index contributed by atoms with van der Waals surface area (Å²) >= 11 is 0. The molecule has 0 aliphatic rings. The van der Waals surface area contributed by atoms with Gasteiger partial charge in [-0.15, -0.1) is 0 Å². The van der Waals surface area contributed by atoms with Crippen LogP contribution in [0.2, 0.25) is 0 Å². The first-order chi connectivity index (χ1) is 14.3. The van der Waals surface area contributed by atoms with Gasteiger partial charge in [-0.1, -0.05) is 49.1 Å². The molecular formula is C24H21N3O2. The largest absolute Gasteiger partial charge is 0.505 e. The highest BCUT2D eigenvalue weighted by Gasteiger charge is 2.20. The molecule has 29 heavy (non-hydrogen) atoms. The van der Waals surface area contributed by atoms with E-state index in [1.807, 2.05) is 66.7 Å². The Bertz CT molecular complexity index is 1110. The molecular weight excluding hydrogens is 362 g/mol. The topological polar surface area (TPSA) is 67.3 Å². The fraction of sp³-hybridized carbons (Fsp3) is 0.0833. The molecule has 2 N–H and O–H groups in total. The van der Waals surface area contributed by atoms with Gasteiger partial charge in [0.15, 0.2) is 0 Å². The Morgan fingerprint density at radius 2 is 1.79 bits per heavy atom. The summed E-state index contributed by atoms with van der Waals surface area (Å²) in [6.07, 6.45) is 5.12. The fourth-order valence-corrected chi connectivity index (χ4v) is 3.23. The quantitative estimate of drug-likeness (QED) is 0.435. The van der Waals surface area contributed by atoms with E-state index in [4.69, 9.17) is 4.74 Å². The van der Waals surface area contributed by atoms with Gasteiger partial charge < -0.3 is 15.2 Å². The maximum atomic E-state index is 11.0. The highest BCUT2D eigenvalue weighted by Crippen LogP contribution is 2.36. The molecule has 5 nitrogen and oxygen atoms in total. The van der Waals surface area contributed by atoms with Gasteiger partial charge in [-0.3, -0.25) is 4.98 Å². The average molecular weight is 383 g/mol. The Kier molecular flexibility index (Phi) is 5.38. The van der Waals surface area contributed by atoms with Crippen LogP contribution in [0.4, 0.5) is 5.82 Å². The van der Waals surface area contributed by atoms with E-state index in [0.29, 0.717) is 17.9 Å². The van der Waals surface area contributed by atoms with E-state index in [1.165, 1.54) is 0 Å². The number of pyridine rings is 2. The zero-order valence-corrected chi connectivity index (χ0v) is 15.8. The van der Waals surface area contributed by atoms with Crippen molar-refractivity contribution in [1.82, 2.24) is 9.97 Å². The number of hydrogen-bond donors (Lipinski definition) is 2. The third-order valence-corrected chi connectivity index (χ3v) is 4.63. The molecule has 2 heterocycles. The standard InChI is InChI=1S/C24H21N3O2/c1-2-16-29-19-11-8-18(9-12-19)22(27-21-7-3-4-14-25-21)20-13-10-17-6-5-15-26-23(17)24(20)28/h2-15,22,28H,1,16H2,(H,25,27)/t22-/m0/s1. The molecule has 2 aromatic carbocycles. The Hall–Kier alpha value is -3.86. The molecule has 0 aliphatic heterocycles. The van der Waals surface area contributed by atoms with Crippen molar-refractivity contribution in [3.8, 4) is 11.5 Å². The van der Waals surface area contributed by atoms with E-state index in [2.05, 4.69) is 21.9 Å². The monoisotopic (exact) mass is 383 g/mol. The van der Waals surface area contributed by atoms with E-state index in [0.717, 1.165) is 22.3 Å². The van der Waals surface area contributed by atoms with E-state index < -0.39 is 0 Å². The minimum absolute atomic E-state index is 0.156. The van der Waals surface area contributed by atoms with Crippen molar-refractivity contribution in [2.24, 2.45) is 0 Å². The van der Waals surface area contributed by atoms with Crippen LogP contribution in [0.1, 0.15) is 17.2 Å². The Balaban J connectivity index is 1.76. The first-order valence-corrected chi connectivity index (χ1v) is 9.34. The molecule has 0 aliphatic carbocycles. The number of aromatic hydroxyl groups is 1. The maximum absolute atomic E-state index is 11.0. The summed E-state index contributed by atoms with van der Waals surface area (Å²) in [6, 6.07) is 20.8. The third-order valence-electron chi connectivity index (χ3n) is 4.63. The Labute approximate surface area is 169 Å². The van der Waals surface area contributed by atoms with Crippen molar-refractivity contribution in [1.29, 1.82) is 0 Å². The van der Waals surface area contributed by atoms with Gasteiger partial charge in [0.2, 0.25) is 0 Å². The second kappa shape index (κ2) is 8.44. The lowest BCUT2D eigenvalue weighted by Crippen LogP contribution is -2.13. The number of fused-ring (bicyclic) bond motifs is 1. The number of nitrogens with one attached hydrogen (secondary N) is 1. The zero-order chi connectivity index (χ0) is 20.1. The van der Waals surface area contributed by atoms with Gasteiger partial charge in [0.1, 0.15) is 29.4 Å². The molecule has 0 bridgehead atoms. The van der Waals surface area contributed by atoms with Crippen LogP contribution >= 0.6 is 0 Å². The number of phenols is 1. The molecule has 0 amide bonds. The molecule has 1 atom stereocenters. The molecule has 144 valence electrons. The summed E-state index contributed by atoms with van der Waals surface area (Å²) in [5.41, 5.74) is 2.26. The Morgan fingerprint density at radius 1 is 0.966 bits per heavy atom. The van der Waals surface area contributed by atoms with Crippen LogP contribution in [-0.2, 0) is 0 Å². The average Bonchev–Trinajstić information content (AvgIpc) is 2.78. The summed E-state index contributed by atoms with van der Waals surface area (Å²) in [5, 5.41) is 15.3. The normalized spacial score (nSPS) is 11.7. The van der Waals surface area contributed by atoms with Crippen LogP contribution in [0.15, 0.2) is 91.8 Å². The van der Waals surface area contributed by atoms with Crippen molar-refractivity contribution < 1.29 is 9.84 Å². The summed E-state index contributed by atoms with van der Waals surface area (Å²) in [6.45, 7) is 4.12. The molecule has 5 heteroatoms. The molecule has 0 fully saturated rings. The van der Waals surface area contributed by atoms with Gasteiger partial charge in [-0.2, -0.15) is 0 Å². The molecule has 4 aromatic rings. The number of phenolic OH excluding ortho intramolecular Hbond substituents is 1. The van der Waals surface area contributed by atoms with Gasteiger partial charge in [-0.25, -0.2) is 4.98 Å². The van der Waals surface area contributed by atoms with Gasteiger partial charge in [0, 0.05) is 23.3 Å². The lowest BCUT2D eigenvalue weighted by atomic mass is 9.96. The lowest BCUT2D eigenvalue weighted by molar-refractivity contribution is 0.363. The minimum atomic E-state index is -0.315. The van der Waals surface area contributed by atoms with Gasteiger partial charge in [-0.05, 0) is 35.9 Å². The SMILES string of the molecule is C=CCOc1ccc([C@H](Nc2ccccn2)c2ccc3cccnc3c2O)cc1. The summed E-state index contributed by atoms with van der Waals surface area (Å²) < 4.78 is 5.59. The molecule has 0 unspecified atom stereocenters. The minimum Gasteiger partial charge on any atom is -0.505 e. The Morgan fingerprint density at radius 3 is 2.55 bits per heavy atom. The first-order valence-electron chi connectivity index (χ1n) is 9.34. The van der Waals surface area contributed by atoms with E-state index >= 15 is 0 Å². The molecule has 2 aromatic heterocycles. The highest BCUT2D eigenvalue weighted by molar-refractivity contribution is 5.86. The van der Waals surface area contributed by atoms with Crippen LogP contribution in [0.25, 0.3) is 10.9 Å². The van der Waals surface area contributed by atoms with E-state index in [1.54, 1.807) is 18.5 Å². The lowest BCUT2D eigenvalue weighted by Gasteiger charge is -2.22. The van der Waals surface area contributed by atoms with Crippen molar-refractivity contribution in [2.45, 2.75) is 6.04 Å².